The molecule has 0 radical (unpaired) electrons. The van der Waals surface area contributed by atoms with Crippen LogP contribution in [0.5, 0.6) is 5.75 Å². The molecule has 1 unspecified atom stereocenters. The standard InChI is InChI=1S/C25H30N2O4.C2HF3O2/c1-18-4-2-6-21(26-18)15-30-22-9-11-31-25(14-22)16-27(17-25)24(28)13-19-7-8-23-20(12-19)5-3-10-29-23;3-2(4,5)1(6)7/h2,4,6-8,12,22H,3,5,9-11,13-17H2,1H3;(H,6,7). The lowest BCUT2D eigenvalue weighted by molar-refractivity contribution is -0.202. The number of aliphatic carboxylic acids is 1. The molecule has 1 aromatic heterocycles. The van der Waals surface area contributed by atoms with Crippen LogP contribution in [0.25, 0.3) is 0 Å². The van der Waals surface area contributed by atoms with E-state index in [0.29, 0.717) is 32.7 Å². The molecule has 1 aromatic carbocycles. The Balaban J connectivity index is 0.000000426. The largest absolute Gasteiger partial charge is 0.493 e. The third kappa shape index (κ3) is 7.22. The third-order valence-electron chi connectivity index (χ3n) is 6.74. The summed E-state index contributed by atoms with van der Waals surface area (Å²) < 4.78 is 49.7. The Kier molecular flexibility index (Phi) is 8.57. The highest BCUT2D eigenvalue weighted by atomic mass is 19.4. The molecule has 1 atom stereocenters. The molecule has 3 aliphatic rings. The van der Waals surface area contributed by atoms with E-state index in [0.717, 1.165) is 55.0 Å². The van der Waals surface area contributed by atoms with Gasteiger partial charge in [0, 0.05) is 18.7 Å². The summed E-state index contributed by atoms with van der Waals surface area (Å²) in [6, 6.07) is 12.1. The minimum Gasteiger partial charge on any atom is -0.493 e. The Morgan fingerprint density at radius 2 is 1.97 bits per heavy atom. The number of aryl methyl sites for hydroxylation is 2. The molecule has 1 N–H and O–H groups in total. The predicted octanol–water partition coefficient (Wildman–Crippen LogP) is 3.87. The topological polar surface area (TPSA) is 98.2 Å². The molecule has 5 rings (SSSR count). The van der Waals surface area contributed by atoms with Crippen molar-refractivity contribution < 1.29 is 42.1 Å². The number of benzene rings is 1. The number of rotatable bonds is 5. The zero-order valence-electron chi connectivity index (χ0n) is 21.1. The average molecular weight is 537 g/mol. The van der Waals surface area contributed by atoms with Crippen LogP contribution >= 0.6 is 0 Å². The van der Waals surface area contributed by atoms with Crippen LogP contribution in [0.4, 0.5) is 13.2 Å². The van der Waals surface area contributed by atoms with Crippen molar-refractivity contribution in [2.75, 3.05) is 26.3 Å². The maximum atomic E-state index is 12.8. The first-order chi connectivity index (χ1) is 18.0. The number of halogens is 3. The van der Waals surface area contributed by atoms with E-state index in [9.17, 15) is 18.0 Å². The predicted molar refractivity (Wildman–Crippen MR) is 130 cm³/mol. The summed E-state index contributed by atoms with van der Waals surface area (Å²) in [7, 11) is 0. The van der Waals surface area contributed by atoms with Gasteiger partial charge < -0.3 is 24.2 Å². The summed E-state index contributed by atoms with van der Waals surface area (Å²) in [5.74, 6) is -1.63. The van der Waals surface area contributed by atoms with Crippen LogP contribution in [-0.2, 0) is 38.5 Å². The van der Waals surface area contributed by atoms with E-state index in [2.05, 4.69) is 11.1 Å². The van der Waals surface area contributed by atoms with Crippen LogP contribution in [0.2, 0.25) is 0 Å². The van der Waals surface area contributed by atoms with Gasteiger partial charge in [0.25, 0.3) is 0 Å². The van der Waals surface area contributed by atoms with Gasteiger partial charge in [0.1, 0.15) is 11.4 Å². The molecular weight excluding hydrogens is 505 g/mol. The fourth-order valence-electron chi connectivity index (χ4n) is 4.86. The number of ether oxygens (including phenoxy) is 3. The molecule has 38 heavy (non-hydrogen) atoms. The molecule has 4 heterocycles. The summed E-state index contributed by atoms with van der Waals surface area (Å²) in [6.07, 6.45) is -0.717. The maximum Gasteiger partial charge on any atom is 0.490 e. The molecule has 1 spiro atoms. The van der Waals surface area contributed by atoms with Gasteiger partial charge in [0.05, 0.1) is 44.5 Å². The highest BCUT2D eigenvalue weighted by molar-refractivity contribution is 5.80. The fraction of sp³-hybridized carbons (Fsp3) is 0.519. The lowest BCUT2D eigenvalue weighted by Gasteiger charge is -2.53. The summed E-state index contributed by atoms with van der Waals surface area (Å²) in [6.45, 7) is 5.29. The number of carbonyl (C=O) groups is 2. The molecule has 2 saturated heterocycles. The molecule has 0 aliphatic carbocycles. The molecule has 2 fully saturated rings. The van der Waals surface area contributed by atoms with Crippen LogP contribution in [0, 0.1) is 6.92 Å². The number of likely N-dealkylation sites (tertiary alicyclic amines) is 1. The van der Waals surface area contributed by atoms with Gasteiger partial charge in [-0.2, -0.15) is 13.2 Å². The number of alkyl halides is 3. The lowest BCUT2D eigenvalue weighted by Crippen LogP contribution is -2.67. The first-order valence-electron chi connectivity index (χ1n) is 12.5. The molecule has 11 heteroatoms. The first-order valence-corrected chi connectivity index (χ1v) is 12.5. The summed E-state index contributed by atoms with van der Waals surface area (Å²) >= 11 is 0. The van der Waals surface area contributed by atoms with E-state index < -0.39 is 12.1 Å². The Bertz CT molecular complexity index is 1150. The molecule has 8 nitrogen and oxygen atoms in total. The van der Waals surface area contributed by atoms with E-state index in [-0.39, 0.29) is 17.6 Å². The highest BCUT2D eigenvalue weighted by Crippen LogP contribution is 2.36. The minimum absolute atomic E-state index is 0.147. The minimum atomic E-state index is -5.08. The van der Waals surface area contributed by atoms with Crippen LogP contribution in [-0.4, -0.2) is 71.1 Å². The molecule has 3 aliphatic heterocycles. The Hall–Kier alpha value is -3.18. The zero-order chi connectivity index (χ0) is 27.3. The van der Waals surface area contributed by atoms with E-state index in [1.807, 2.05) is 42.2 Å². The molecule has 206 valence electrons. The average Bonchev–Trinajstić information content (AvgIpc) is 2.86. The maximum absolute atomic E-state index is 12.8. The number of amides is 1. The summed E-state index contributed by atoms with van der Waals surface area (Å²) in [5, 5.41) is 7.12. The van der Waals surface area contributed by atoms with E-state index in [1.165, 1.54) is 5.56 Å². The SMILES string of the molecule is Cc1cccc(COC2CCOC3(C2)CN(C(=O)Cc2ccc4c(c2)CCCO4)C3)n1.O=C(O)C(F)(F)F. The van der Waals surface area contributed by atoms with Crippen molar-refractivity contribution in [2.45, 2.75) is 63.5 Å². The molecule has 0 saturated carbocycles. The van der Waals surface area contributed by atoms with Crippen LogP contribution in [0.15, 0.2) is 36.4 Å². The number of nitrogens with zero attached hydrogens (tertiary/aromatic N) is 2. The van der Waals surface area contributed by atoms with Gasteiger partial charge in [-0.05, 0) is 55.5 Å². The number of carbonyl (C=O) groups excluding carboxylic acids is 1. The number of carboxylic acid groups (broad SMARTS) is 1. The summed E-state index contributed by atoms with van der Waals surface area (Å²) in [4.78, 5) is 28.1. The third-order valence-corrected chi connectivity index (χ3v) is 6.74. The van der Waals surface area contributed by atoms with Gasteiger partial charge in [0.15, 0.2) is 0 Å². The quantitative estimate of drug-likeness (QED) is 0.620. The number of carboxylic acids is 1. The number of pyridine rings is 1. The second-order valence-electron chi connectivity index (χ2n) is 9.85. The second-order valence-corrected chi connectivity index (χ2v) is 9.85. The van der Waals surface area contributed by atoms with Crippen molar-refractivity contribution in [3.05, 3.63) is 58.9 Å². The molecular formula is C27H31F3N2O6. The van der Waals surface area contributed by atoms with E-state index in [4.69, 9.17) is 24.1 Å². The van der Waals surface area contributed by atoms with Crippen molar-refractivity contribution in [1.82, 2.24) is 9.88 Å². The van der Waals surface area contributed by atoms with Gasteiger partial charge in [-0.15, -0.1) is 0 Å². The van der Waals surface area contributed by atoms with Crippen molar-refractivity contribution in [1.29, 1.82) is 0 Å². The van der Waals surface area contributed by atoms with Crippen molar-refractivity contribution in [3.63, 3.8) is 0 Å². The van der Waals surface area contributed by atoms with Crippen LogP contribution < -0.4 is 4.74 Å². The molecule has 2 aromatic rings. The van der Waals surface area contributed by atoms with Crippen molar-refractivity contribution >= 4 is 11.9 Å². The Labute approximate surface area is 218 Å². The van der Waals surface area contributed by atoms with Gasteiger partial charge in [-0.3, -0.25) is 9.78 Å². The lowest BCUT2D eigenvalue weighted by atomic mass is 9.84. The van der Waals surface area contributed by atoms with E-state index in [1.54, 1.807) is 0 Å². The number of fused-ring (bicyclic) bond motifs is 1. The second kappa shape index (κ2) is 11.7. The normalized spacial score (nSPS) is 19.9. The number of hydrogen-bond acceptors (Lipinski definition) is 6. The van der Waals surface area contributed by atoms with Crippen molar-refractivity contribution in [2.24, 2.45) is 0 Å². The van der Waals surface area contributed by atoms with Gasteiger partial charge in [0.2, 0.25) is 5.91 Å². The van der Waals surface area contributed by atoms with Gasteiger partial charge in [-0.25, -0.2) is 4.79 Å². The Morgan fingerprint density at radius 3 is 2.68 bits per heavy atom. The monoisotopic (exact) mass is 536 g/mol. The molecule has 1 amide bonds. The van der Waals surface area contributed by atoms with Gasteiger partial charge >= 0.3 is 12.1 Å². The number of aromatic nitrogens is 1. The number of hydrogen-bond donors (Lipinski definition) is 1. The highest BCUT2D eigenvalue weighted by Gasteiger charge is 2.49. The fourth-order valence-corrected chi connectivity index (χ4v) is 4.86. The van der Waals surface area contributed by atoms with Crippen LogP contribution in [0.3, 0.4) is 0 Å². The first kappa shape index (κ1) is 27.8. The smallest absolute Gasteiger partial charge is 0.490 e. The van der Waals surface area contributed by atoms with Crippen molar-refractivity contribution in [3.8, 4) is 5.75 Å². The molecule has 0 bridgehead atoms. The van der Waals surface area contributed by atoms with Crippen LogP contribution in [0.1, 0.15) is 41.8 Å². The summed E-state index contributed by atoms with van der Waals surface area (Å²) in [5.41, 5.74) is 4.00. The Morgan fingerprint density at radius 1 is 1.21 bits per heavy atom. The zero-order valence-corrected chi connectivity index (χ0v) is 21.1. The van der Waals surface area contributed by atoms with Gasteiger partial charge in [-0.1, -0.05) is 18.2 Å². The van der Waals surface area contributed by atoms with E-state index >= 15 is 0 Å².